The van der Waals surface area contributed by atoms with E-state index < -0.39 is 0 Å². The van der Waals surface area contributed by atoms with E-state index in [4.69, 9.17) is 0 Å². The second kappa shape index (κ2) is 6.04. The first kappa shape index (κ1) is 13.2. The first-order valence-electron chi connectivity index (χ1n) is 5.35. The van der Waals surface area contributed by atoms with E-state index >= 15 is 0 Å². The van der Waals surface area contributed by atoms with E-state index in [9.17, 15) is 4.79 Å². The molecule has 16 heavy (non-hydrogen) atoms. The van der Waals surface area contributed by atoms with Crippen molar-refractivity contribution in [2.45, 2.75) is 31.0 Å². The number of ether oxygens (including phenoxy) is 1. The molecule has 0 aliphatic rings. The van der Waals surface area contributed by atoms with Gasteiger partial charge in [-0.3, -0.25) is 4.79 Å². The zero-order valence-electron chi connectivity index (χ0n) is 9.87. The molecule has 1 aromatic carbocycles. The minimum Gasteiger partial charge on any atom is -0.468 e. The normalized spacial score (nSPS) is 12.6. The molecule has 0 bridgehead atoms. The fourth-order valence-electron chi connectivity index (χ4n) is 1.50. The van der Waals surface area contributed by atoms with Crippen LogP contribution in [-0.4, -0.2) is 17.9 Å². The summed E-state index contributed by atoms with van der Waals surface area (Å²) in [6.07, 6.45) is 0.660. The predicted octanol–water partition coefficient (Wildman–Crippen LogP) is 3.29. The van der Waals surface area contributed by atoms with Crippen LogP contribution in [0.3, 0.4) is 0 Å². The highest BCUT2D eigenvalue weighted by Crippen LogP contribution is 2.18. The molecule has 0 saturated carbocycles. The summed E-state index contributed by atoms with van der Waals surface area (Å²) in [5.74, 6) is 0.279. The Balaban J connectivity index is 2.74. The maximum Gasteiger partial charge on any atom is 0.319 e. The van der Waals surface area contributed by atoms with Gasteiger partial charge in [-0.15, -0.1) is 0 Å². The van der Waals surface area contributed by atoms with Crippen molar-refractivity contribution in [1.29, 1.82) is 0 Å². The largest absolute Gasteiger partial charge is 0.468 e. The van der Waals surface area contributed by atoms with Crippen molar-refractivity contribution in [2.75, 3.05) is 7.11 Å². The predicted molar refractivity (Wildman–Crippen MR) is 69.0 cm³/mol. The fraction of sp³-hybridized carbons (Fsp3) is 0.462. The van der Waals surface area contributed by atoms with E-state index in [1.54, 1.807) is 0 Å². The zero-order chi connectivity index (χ0) is 12.1. The van der Waals surface area contributed by atoms with Crippen molar-refractivity contribution in [3.05, 3.63) is 35.4 Å². The van der Waals surface area contributed by atoms with Gasteiger partial charge in [0, 0.05) is 0 Å². The van der Waals surface area contributed by atoms with E-state index in [-0.39, 0.29) is 10.8 Å². The van der Waals surface area contributed by atoms with E-state index in [0.29, 0.717) is 12.3 Å². The van der Waals surface area contributed by atoms with Crippen LogP contribution in [0.15, 0.2) is 24.3 Å². The summed E-state index contributed by atoms with van der Waals surface area (Å²) in [5.41, 5.74) is 2.44. The number of carbonyl (C=O) groups excluding carboxylic acids is 1. The summed E-state index contributed by atoms with van der Waals surface area (Å²) in [7, 11) is 1.40. The van der Waals surface area contributed by atoms with Gasteiger partial charge in [-0.2, -0.15) is 0 Å². The molecule has 0 amide bonds. The lowest BCUT2D eigenvalue weighted by atomic mass is 9.99. The SMILES string of the molecule is COC(=O)C(Br)Cc1cccc(C(C)C)c1. The highest BCUT2D eigenvalue weighted by molar-refractivity contribution is 9.10. The van der Waals surface area contributed by atoms with Crippen molar-refractivity contribution in [3.63, 3.8) is 0 Å². The van der Waals surface area contributed by atoms with Crippen LogP contribution in [-0.2, 0) is 16.0 Å². The number of benzene rings is 1. The Hall–Kier alpha value is -0.830. The van der Waals surface area contributed by atoms with Crippen molar-refractivity contribution in [1.82, 2.24) is 0 Å². The third kappa shape index (κ3) is 3.63. The van der Waals surface area contributed by atoms with Gasteiger partial charge in [0.05, 0.1) is 7.11 Å². The van der Waals surface area contributed by atoms with Gasteiger partial charge in [0.25, 0.3) is 0 Å². The molecular formula is C13H17BrO2. The van der Waals surface area contributed by atoms with Crippen LogP contribution in [0.25, 0.3) is 0 Å². The first-order valence-corrected chi connectivity index (χ1v) is 6.27. The molecule has 1 unspecified atom stereocenters. The molecule has 1 atom stereocenters. The van der Waals surface area contributed by atoms with Crippen molar-refractivity contribution < 1.29 is 9.53 Å². The van der Waals surface area contributed by atoms with Crippen LogP contribution < -0.4 is 0 Å². The van der Waals surface area contributed by atoms with Crippen molar-refractivity contribution >= 4 is 21.9 Å². The third-order valence-corrected chi connectivity index (χ3v) is 3.19. The Labute approximate surface area is 105 Å². The number of methoxy groups -OCH3 is 1. The van der Waals surface area contributed by atoms with Crippen LogP contribution >= 0.6 is 15.9 Å². The van der Waals surface area contributed by atoms with Gasteiger partial charge < -0.3 is 4.74 Å². The van der Waals surface area contributed by atoms with Gasteiger partial charge in [-0.1, -0.05) is 54.0 Å². The molecule has 1 rings (SSSR count). The van der Waals surface area contributed by atoms with E-state index in [2.05, 4.69) is 46.6 Å². The molecule has 0 aliphatic carbocycles. The lowest BCUT2D eigenvalue weighted by Gasteiger charge is -2.10. The summed E-state index contributed by atoms with van der Waals surface area (Å²) in [6, 6.07) is 8.31. The van der Waals surface area contributed by atoms with Gasteiger partial charge in [-0.25, -0.2) is 0 Å². The summed E-state index contributed by atoms with van der Waals surface area (Å²) in [4.78, 5) is 11.0. The molecule has 0 spiro atoms. The van der Waals surface area contributed by atoms with Crippen LogP contribution in [0.4, 0.5) is 0 Å². The number of rotatable bonds is 4. The van der Waals surface area contributed by atoms with Gasteiger partial charge in [0.15, 0.2) is 0 Å². The summed E-state index contributed by atoms with van der Waals surface area (Å²) in [6.45, 7) is 4.32. The molecule has 0 N–H and O–H groups in total. The lowest BCUT2D eigenvalue weighted by Crippen LogP contribution is -2.18. The maximum atomic E-state index is 11.3. The number of halogens is 1. The molecule has 0 heterocycles. The highest BCUT2D eigenvalue weighted by atomic mass is 79.9. The third-order valence-electron chi connectivity index (χ3n) is 2.49. The topological polar surface area (TPSA) is 26.3 Å². The van der Waals surface area contributed by atoms with Crippen LogP contribution in [0.2, 0.25) is 0 Å². The number of esters is 1. The average molecular weight is 285 g/mol. The second-order valence-corrected chi connectivity index (χ2v) is 5.20. The van der Waals surface area contributed by atoms with Crippen LogP contribution in [0.5, 0.6) is 0 Å². The Morgan fingerprint density at radius 3 is 2.69 bits per heavy atom. The molecule has 0 saturated heterocycles. The monoisotopic (exact) mass is 284 g/mol. The molecule has 0 aliphatic heterocycles. The number of alkyl halides is 1. The Morgan fingerprint density at radius 1 is 1.44 bits per heavy atom. The second-order valence-electron chi connectivity index (χ2n) is 4.09. The van der Waals surface area contributed by atoms with E-state index in [1.165, 1.54) is 12.7 Å². The first-order chi connectivity index (χ1) is 7.54. The standard InChI is InChI=1S/C13H17BrO2/c1-9(2)11-6-4-5-10(7-11)8-12(14)13(15)16-3/h4-7,9,12H,8H2,1-3H3. The molecule has 88 valence electrons. The summed E-state index contributed by atoms with van der Waals surface area (Å²) in [5, 5.41) is 0. The number of hydrogen-bond donors (Lipinski definition) is 0. The quantitative estimate of drug-likeness (QED) is 0.627. The van der Waals surface area contributed by atoms with E-state index in [1.807, 2.05) is 12.1 Å². The number of hydrogen-bond acceptors (Lipinski definition) is 2. The van der Waals surface area contributed by atoms with Crippen molar-refractivity contribution in [2.24, 2.45) is 0 Å². The smallest absolute Gasteiger partial charge is 0.319 e. The Morgan fingerprint density at radius 2 is 2.12 bits per heavy atom. The van der Waals surface area contributed by atoms with Crippen LogP contribution in [0, 0.1) is 0 Å². The fourth-order valence-corrected chi connectivity index (χ4v) is 2.06. The van der Waals surface area contributed by atoms with Gasteiger partial charge in [-0.05, 0) is 23.5 Å². The van der Waals surface area contributed by atoms with E-state index in [0.717, 1.165) is 5.56 Å². The highest BCUT2D eigenvalue weighted by Gasteiger charge is 2.15. The summed E-state index contributed by atoms with van der Waals surface area (Å²) >= 11 is 3.33. The van der Waals surface area contributed by atoms with Crippen LogP contribution in [0.1, 0.15) is 30.9 Å². The zero-order valence-corrected chi connectivity index (χ0v) is 11.5. The van der Waals surface area contributed by atoms with Gasteiger partial charge in [0.1, 0.15) is 4.83 Å². The molecule has 0 radical (unpaired) electrons. The molecule has 0 aromatic heterocycles. The molecular weight excluding hydrogens is 268 g/mol. The Kier molecular flexibility index (Phi) is 5.00. The molecule has 2 nitrogen and oxygen atoms in total. The molecule has 0 fully saturated rings. The Bertz CT molecular complexity index is 361. The lowest BCUT2D eigenvalue weighted by molar-refractivity contribution is -0.139. The molecule has 1 aromatic rings. The maximum absolute atomic E-state index is 11.3. The number of carbonyl (C=O) groups is 1. The van der Waals surface area contributed by atoms with Gasteiger partial charge in [0.2, 0.25) is 0 Å². The van der Waals surface area contributed by atoms with Crippen molar-refractivity contribution in [3.8, 4) is 0 Å². The molecule has 3 heteroatoms. The minimum absolute atomic E-state index is 0.227. The average Bonchev–Trinajstić information content (AvgIpc) is 2.28. The summed E-state index contributed by atoms with van der Waals surface area (Å²) < 4.78 is 4.68. The van der Waals surface area contributed by atoms with Gasteiger partial charge >= 0.3 is 5.97 Å². The minimum atomic E-state index is -0.264.